The van der Waals surface area contributed by atoms with Crippen LogP contribution in [0.25, 0.3) is 11.0 Å². The molecule has 0 N–H and O–H groups in total. The van der Waals surface area contributed by atoms with Gasteiger partial charge in [0.1, 0.15) is 0 Å². The Balaban J connectivity index is 0.000000550. The van der Waals surface area contributed by atoms with Crippen LogP contribution in [0.5, 0.6) is 0 Å². The van der Waals surface area contributed by atoms with Gasteiger partial charge in [0.05, 0.1) is 19.2 Å². The molecule has 0 unspecified atom stereocenters. The Bertz CT molecular complexity index is 576. The van der Waals surface area contributed by atoms with Gasteiger partial charge in [0.15, 0.2) is 11.0 Å². The Morgan fingerprint density at radius 2 is 2.00 bits per heavy atom. The molecule has 0 saturated heterocycles. The van der Waals surface area contributed by atoms with E-state index in [4.69, 9.17) is 9.90 Å². The fraction of sp³-hybridized carbons (Fsp3) is 0.333. The highest BCUT2D eigenvalue weighted by Gasteiger charge is 2.31. The number of rotatable bonds is 1. The first kappa shape index (κ1) is 15.0. The normalized spacial score (nSPS) is 11.0. The SMILES string of the molecule is CCn1c[n+](C)c2ccc(C(F)(F)F)cc21.O=C[O-]. The van der Waals surface area contributed by atoms with E-state index in [1.54, 1.807) is 10.9 Å². The van der Waals surface area contributed by atoms with Crippen molar-refractivity contribution in [2.75, 3.05) is 0 Å². The molecule has 2 rings (SSSR count). The first-order valence-corrected chi connectivity index (χ1v) is 5.46. The lowest BCUT2D eigenvalue weighted by atomic mass is 10.2. The summed E-state index contributed by atoms with van der Waals surface area (Å²) >= 11 is 0. The highest BCUT2D eigenvalue weighted by Crippen LogP contribution is 2.30. The first-order chi connectivity index (χ1) is 8.85. The largest absolute Gasteiger partial charge is 0.554 e. The highest BCUT2D eigenvalue weighted by atomic mass is 19.4. The number of aryl methyl sites for hydroxylation is 2. The van der Waals surface area contributed by atoms with Gasteiger partial charge in [-0.05, 0) is 19.1 Å². The number of halogens is 3. The van der Waals surface area contributed by atoms with Crippen molar-refractivity contribution < 1.29 is 27.6 Å². The van der Waals surface area contributed by atoms with Crippen molar-refractivity contribution in [1.29, 1.82) is 0 Å². The summed E-state index contributed by atoms with van der Waals surface area (Å²) in [6.45, 7) is 2.05. The molecular weight excluding hydrogens is 261 g/mol. The van der Waals surface area contributed by atoms with E-state index in [1.165, 1.54) is 12.1 Å². The number of benzene rings is 1. The van der Waals surface area contributed by atoms with Crippen LogP contribution in [0.15, 0.2) is 24.5 Å². The second kappa shape index (κ2) is 5.73. The number of hydrogen-bond donors (Lipinski definition) is 0. The minimum Gasteiger partial charge on any atom is -0.554 e. The van der Waals surface area contributed by atoms with Crippen molar-refractivity contribution in [3.8, 4) is 0 Å². The molecule has 0 spiro atoms. The maximum atomic E-state index is 12.5. The molecule has 0 aliphatic rings. The zero-order valence-corrected chi connectivity index (χ0v) is 10.4. The van der Waals surface area contributed by atoms with Crippen molar-refractivity contribution in [1.82, 2.24) is 4.57 Å². The number of carboxylic acid groups (broad SMARTS) is 1. The van der Waals surface area contributed by atoms with E-state index in [0.717, 1.165) is 11.6 Å². The molecule has 4 nitrogen and oxygen atoms in total. The van der Waals surface area contributed by atoms with Gasteiger partial charge in [0, 0.05) is 12.5 Å². The maximum absolute atomic E-state index is 12.5. The number of carbonyl (C=O) groups is 1. The quantitative estimate of drug-likeness (QED) is 0.572. The molecule has 7 heteroatoms. The molecule has 0 aliphatic carbocycles. The molecule has 19 heavy (non-hydrogen) atoms. The Hall–Kier alpha value is -2.05. The summed E-state index contributed by atoms with van der Waals surface area (Å²) in [4.78, 5) is 8.25. The summed E-state index contributed by atoms with van der Waals surface area (Å²) in [5, 5.41) is 8.25. The predicted octanol–water partition coefficient (Wildman–Crippen LogP) is 0.871. The van der Waals surface area contributed by atoms with Crippen LogP contribution in [0, 0.1) is 0 Å². The van der Waals surface area contributed by atoms with Crippen LogP contribution >= 0.6 is 0 Å². The molecular formula is C12H13F3N2O2. The van der Waals surface area contributed by atoms with Gasteiger partial charge in [0.25, 0.3) is 0 Å². The monoisotopic (exact) mass is 274 g/mol. The van der Waals surface area contributed by atoms with Crippen LogP contribution in [0.4, 0.5) is 13.2 Å². The summed E-state index contributed by atoms with van der Waals surface area (Å²) in [6, 6.07) is 3.81. The van der Waals surface area contributed by atoms with Crippen LogP contribution in [0.2, 0.25) is 0 Å². The van der Waals surface area contributed by atoms with Crippen LogP contribution in [-0.4, -0.2) is 11.0 Å². The molecule has 1 aromatic carbocycles. The lowest BCUT2D eigenvalue weighted by Gasteiger charge is -2.05. The topological polar surface area (TPSA) is 48.9 Å². The average Bonchev–Trinajstić information content (AvgIpc) is 2.66. The fourth-order valence-electron chi connectivity index (χ4n) is 1.81. The standard InChI is InChI=1S/C11H12F3N2.CH2O2/c1-3-16-7-15(2)9-5-4-8(6-10(9)16)11(12,13)14;2-1-3/h4-7H,3H2,1-2H3;1H,(H,2,3)/q+1;/p-1. The van der Waals surface area contributed by atoms with Crippen molar-refractivity contribution in [2.24, 2.45) is 7.05 Å². The molecule has 2 aromatic rings. The summed E-state index contributed by atoms with van der Waals surface area (Å²) in [7, 11) is 1.82. The average molecular weight is 274 g/mol. The third-order valence-corrected chi connectivity index (χ3v) is 2.65. The van der Waals surface area contributed by atoms with Gasteiger partial charge in [-0.15, -0.1) is 0 Å². The number of imidazole rings is 1. The molecule has 0 radical (unpaired) electrons. The molecule has 0 amide bonds. The Kier molecular flexibility index (Phi) is 4.52. The zero-order chi connectivity index (χ0) is 14.6. The number of alkyl halides is 3. The molecule has 0 bridgehead atoms. The van der Waals surface area contributed by atoms with Gasteiger partial charge in [-0.2, -0.15) is 13.2 Å². The zero-order valence-electron chi connectivity index (χ0n) is 10.4. The van der Waals surface area contributed by atoms with Crippen molar-refractivity contribution >= 4 is 17.5 Å². The minimum absolute atomic E-state index is 0.500. The van der Waals surface area contributed by atoms with Gasteiger partial charge in [-0.3, -0.25) is 0 Å². The third kappa shape index (κ3) is 3.24. The highest BCUT2D eigenvalue weighted by molar-refractivity contribution is 5.73. The molecule has 0 atom stereocenters. The van der Waals surface area contributed by atoms with Gasteiger partial charge < -0.3 is 9.90 Å². The molecule has 1 heterocycles. The van der Waals surface area contributed by atoms with E-state index in [0.29, 0.717) is 12.1 Å². The van der Waals surface area contributed by atoms with Crippen LogP contribution in [0.3, 0.4) is 0 Å². The van der Waals surface area contributed by atoms with E-state index < -0.39 is 18.2 Å². The second-order valence-corrected chi connectivity index (χ2v) is 3.81. The van der Waals surface area contributed by atoms with Crippen LogP contribution in [0.1, 0.15) is 12.5 Å². The summed E-state index contributed by atoms with van der Waals surface area (Å²) < 4.78 is 41.2. The van der Waals surface area contributed by atoms with E-state index in [9.17, 15) is 13.2 Å². The smallest absolute Gasteiger partial charge is 0.416 e. The van der Waals surface area contributed by atoms with Crippen molar-refractivity contribution in [2.45, 2.75) is 19.6 Å². The van der Waals surface area contributed by atoms with Gasteiger partial charge in [-0.1, -0.05) is 0 Å². The van der Waals surface area contributed by atoms with E-state index in [1.807, 2.05) is 18.5 Å². The number of fused-ring (bicyclic) bond motifs is 1. The lowest BCUT2D eigenvalue weighted by molar-refractivity contribution is -0.645. The number of nitrogens with zero attached hydrogens (tertiary/aromatic N) is 2. The summed E-state index contributed by atoms with van der Waals surface area (Å²) in [5.74, 6) is 0. The lowest BCUT2D eigenvalue weighted by Crippen LogP contribution is -2.25. The number of hydrogen-bond acceptors (Lipinski definition) is 2. The van der Waals surface area contributed by atoms with E-state index in [-0.39, 0.29) is 0 Å². The molecule has 104 valence electrons. The number of carbonyl (C=O) groups excluding carboxylic acids is 1. The summed E-state index contributed by atoms with van der Waals surface area (Å²) in [5.41, 5.74) is 0.808. The Morgan fingerprint density at radius 1 is 1.42 bits per heavy atom. The first-order valence-electron chi connectivity index (χ1n) is 5.46. The fourth-order valence-corrected chi connectivity index (χ4v) is 1.81. The van der Waals surface area contributed by atoms with Gasteiger partial charge in [0.2, 0.25) is 6.33 Å². The van der Waals surface area contributed by atoms with Gasteiger partial charge in [-0.25, -0.2) is 9.13 Å². The molecule has 0 aliphatic heterocycles. The summed E-state index contributed by atoms with van der Waals surface area (Å²) in [6.07, 6.45) is -2.49. The maximum Gasteiger partial charge on any atom is 0.416 e. The Labute approximate surface area is 107 Å². The third-order valence-electron chi connectivity index (χ3n) is 2.65. The van der Waals surface area contributed by atoms with Crippen LogP contribution in [-0.2, 0) is 24.6 Å². The number of aromatic nitrogens is 2. The Morgan fingerprint density at radius 3 is 2.47 bits per heavy atom. The van der Waals surface area contributed by atoms with Crippen molar-refractivity contribution in [3.63, 3.8) is 0 Å². The minimum atomic E-state index is -4.28. The molecule has 0 saturated carbocycles. The predicted molar refractivity (Wildman–Crippen MR) is 59.9 cm³/mol. The second-order valence-electron chi connectivity index (χ2n) is 3.81. The van der Waals surface area contributed by atoms with Crippen molar-refractivity contribution in [3.05, 3.63) is 30.1 Å². The van der Waals surface area contributed by atoms with E-state index >= 15 is 0 Å². The van der Waals surface area contributed by atoms with E-state index in [2.05, 4.69) is 0 Å². The molecule has 1 aromatic heterocycles. The van der Waals surface area contributed by atoms with Gasteiger partial charge >= 0.3 is 6.18 Å². The molecule has 0 fully saturated rings. The van der Waals surface area contributed by atoms with Crippen LogP contribution < -0.4 is 9.67 Å².